The Kier molecular flexibility index (Phi) is 5.37. The SMILES string of the molecule is CCCC(=O)N1CCC(C(=O)c2ccc(OC)cc2)CC1. The van der Waals surface area contributed by atoms with E-state index in [1.807, 2.05) is 36.1 Å². The summed E-state index contributed by atoms with van der Waals surface area (Å²) < 4.78 is 5.10. The summed E-state index contributed by atoms with van der Waals surface area (Å²) in [5.74, 6) is 1.18. The van der Waals surface area contributed by atoms with Crippen molar-refractivity contribution in [3.63, 3.8) is 0 Å². The minimum atomic E-state index is 0.0315. The topological polar surface area (TPSA) is 46.6 Å². The van der Waals surface area contributed by atoms with E-state index < -0.39 is 0 Å². The summed E-state index contributed by atoms with van der Waals surface area (Å²) in [5.41, 5.74) is 0.731. The Labute approximate surface area is 126 Å². The van der Waals surface area contributed by atoms with Gasteiger partial charge in [0, 0.05) is 31.0 Å². The second kappa shape index (κ2) is 7.25. The number of amides is 1. The number of benzene rings is 1. The van der Waals surface area contributed by atoms with Crippen molar-refractivity contribution in [2.24, 2.45) is 5.92 Å². The fourth-order valence-electron chi connectivity index (χ4n) is 2.75. The number of carbonyl (C=O) groups is 2. The zero-order chi connectivity index (χ0) is 15.2. The first kappa shape index (κ1) is 15.5. The van der Waals surface area contributed by atoms with E-state index in [1.54, 1.807) is 7.11 Å². The number of Topliss-reactive ketones (excluding diaryl/α,β-unsaturated/α-hetero) is 1. The van der Waals surface area contributed by atoms with Gasteiger partial charge in [-0.1, -0.05) is 6.92 Å². The molecule has 1 aliphatic rings. The summed E-state index contributed by atoms with van der Waals surface area (Å²) in [6, 6.07) is 7.26. The Bertz CT molecular complexity index is 487. The molecule has 1 heterocycles. The molecule has 0 bridgehead atoms. The standard InChI is InChI=1S/C17H23NO3/c1-3-4-16(19)18-11-9-14(10-12-18)17(20)13-5-7-15(21-2)8-6-13/h5-8,14H,3-4,9-12H2,1-2H3. The lowest BCUT2D eigenvalue weighted by molar-refractivity contribution is -0.132. The van der Waals surface area contributed by atoms with Crippen LogP contribution in [0.2, 0.25) is 0 Å². The summed E-state index contributed by atoms with van der Waals surface area (Å²) in [6.45, 7) is 3.41. The maximum absolute atomic E-state index is 12.5. The quantitative estimate of drug-likeness (QED) is 0.783. The first-order valence-corrected chi connectivity index (χ1v) is 7.61. The van der Waals surface area contributed by atoms with Gasteiger partial charge in [0.2, 0.25) is 5.91 Å². The van der Waals surface area contributed by atoms with Crippen molar-refractivity contribution in [2.45, 2.75) is 32.6 Å². The van der Waals surface area contributed by atoms with Crippen molar-refractivity contribution in [3.8, 4) is 5.75 Å². The number of rotatable bonds is 5. The van der Waals surface area contributed by atoms with Crippen molar-refractivity contribution in [2.75, 3.05) is 20.2 Å². The smallest absolute Gasteiger partial charge is 0.222 e. The molecule has 0 aliphatic carbocycles. The molecule has 2 rings (SSSR count). The van der Waals surface area contributed by atoms with Crippen molar-refractivity contribution in [1.29, 1.82) is 0 Å². The van der Waals surface area contributed by atoms with Gasteiger partial charge in [-0.25, -0.2) is 0 Å². The maximum Gasteiger partial charge on any atom is 0.222 e. The molecule has 0 spiro atoms. The Balaban J connectivity index is 1.92. The molecular weight excluding hydrogens is 266 g/mol. The lowest BCUT2D eigenvalue weighted by Crippen LogP contribution is -2.40. The van der Waals surface area contributed by atoms with Crippen LogP contribution in [0.3, 0.4) is 0 Å². The molecule has 0 N–H and O–H groups in total. The van der Waals surface area contributed by atoms with Crippen LogP contribution in [0.15, 0.2) is 24.3 Å². The molecule has 0 saturated carbocycles. The van der Waals surface area contributed by atoms with Crippen LogP contribution in [-0.4, -0.2) is 36.8 Å². The molecule has 4 heteroatoms. The Morgan fingerprint density at radius 3 is 2.33 bits per heavy atom. The summed E-state index contributed by atoms with van der Waals surface area (Å²) in [4.78, 5) is 26.2. The fraction of sp³-hybridized carbons (Fsp3) is 0.529. The van der Waals surface area contributed by atoms with Crippen molar-refractivity contribution in [3.05, 3.63) is 29.8 Å². The van der Waals surface area contributed by atoms with Gasteiger partial charge in [-0.05, 0) is 43.5 Å². The second-order valence-corrected chi connectivity index (χ2v) is 5.50. The predicted molar refractivity (Wildman–Crippen MR) is 81.5 cm³/mol. The minimum Gasteiger partial charge on any atom is -0.497 e. The Morgan fingerprint density at radius 1 is 1.19 bits per heavy atom. The second-order valence-electron chi connectivity index (χ2n) is 5.50. The maximum atomic E-state index is 12.5. The van der Waals surface area contributed by atoms with Gasteiger partial charge in [0.15, 0.2) is 5.78 Å². The number of ether oxygens (including phenoxy) is 1. The van der Waals surface area contributed by atoms with Crippen molar-refractivity contribution in [1.82, 2.24) is 4.90 Å². The number of likely N-dealkylation sites (tertiary alicyclic amines) is 1. The number of nitrogens with zero attached hydrogens (tertiary/aromatic N) is 1. The third-order valence-electron chi connectivity index (χ3n) is 4.06. The number of ketones is 1. The molecule has 4 nitrogen and oxygen atoms in total. The van der Waals surface area contributed by atoms with E-state index in [4.69, 9.17) is 4.74 Å². The lowest BCUT2D eigenvalue weighted by Gasteiger charge is -2.31. The first-order chi connectivity index (χ1) is 10.2. The number of piperidine rings is 1. The van der Waals surface area contributed by atoms with Crippen molar-refractivity contribution < 1.29 is 14.3 Å². The zero-order valence-corrected chi connectivity index (χ0v) is 12.8. The van der Waals surface area contributed by atoms with Gasteiger partial charge in [-0.15, -0.1) is 0 Å². The molecule has 1 amide bonds. The highest BCUT2D eigenvalue weighted by molar-refractivity contribution is 5.98. The average Bonchev–Trinajstić information content (AvgIpc) is 2.54. The summed E-state index contributed by atoms with van der Waals surface area (Å²) in [6.07, 6.45) is 3.02. The molecule has 1 fully saturated rings. The van der Waals surface area contributed by atoms with Crippen molar-refractivity contribution >= 4 is 11.7 Å². The zero-order valence-electron chi connectivity index (χ0n) is 12.8. The Hall–Kier alpha value is -1.84. The highest BCUT2D eigenvalue weighted by atomic mass is 16.5. The normalized spacial score (nSPS) is 15.8. The number of hydrogen-bond donors (Lipinski definition) is 0. The molecule has 1 aromatic carbocycles. The molecule has 1 aromatic rings. The average molecular weight is 289 g/mol. The number of methoxy groups -OCH3 is 1. The van der Waals surface area contributed by atoms with Crippen LogP contribution in [0.25, 0.3) is 0 Å². The number of carbonyl (C=O) groups excluding carboxylic acids is 2. The largest absolute Gasteiger partial charge is 0.497 e. The minimum absolute atomic E-state index is 0.0315. The first-order valence-electron chi connectivity index (χ1n) is 7.61. The van der Waals surface area contributed by atoms with Gasteiger partial charge in [-0.3, -0.25) is 9.59 Å². The van der Waals surface area contributed by atoms with E-state index in [9.17, 15) is 9.59 Å². The lowest BCUT2D eigenvalue weighted by atomic mass is 9.88. The summed E-state index contributed by atoms with van der Waals surface area (Å²) in [7, 11) is 1.61. The van der Waals surface area contributed by atoms with Crippen LogP contribution in [0.4, 0.5) is 0 Å². The van der Waals surface area contributed by atoms with Gasteiger partial charge in [-0.2, -0.15) is 0 Å². The highest BCUT2D eigenvalue weighted by Gasteiger charge is 2.27. The van der Waals surface area contributed by atoms with Crippen LogP contribution in [0.5, 0.6) is 5.75 Å². The van der Waals surface area contributed by atoms with Crippen LogP contribution in [0, 0.1) is 5.92 Å². The molecule has 0 aromatic heterocycles. The van der Waals surface area contributed by atoms with Crippen LogP contribution in [0.1, 0.15) is 43.0 Å². The molecule has 1 saturated heterocycles. The third kappa shape index (κ3) is 3.84. The van der Waals surface area contributed by atoms with E-state index in [0.29, 0.717) is 19.5 Å². The Morgan fingerprint density at radius 2 is 1.81 bits per heavy atom. The van der Waals surface area contributed by atoms with Gasteiger partial charge in [0.1, 0.15) is 5.75 Å². The monoisotopic (exact) mass is 289 g/mol. The predicted octanol–water partition coefficient (Wildman–Crippen LogP) is 2.92. The summed E-state index contributed by atoms with van der Waals surface area (Å²) in [5, 5.41) is 0. The highest BCUT2D eigenvalue weighted by Crippen LogP contribution is 2.23. The molecule has 21 heavy (non-hydrogen) atoms. The van der Waals surface area contributed by atoms with E-state index in [2.05, 4.69) is 0 Å². The van der Waals surface area contributed by atoms with E-state index >= 15 is 0 Å². The van der Waals surface area contributed by atoms with Gasteiger partial charge < -0.3 is 9.64 Å². The van der Waals surface area contributed by atoms with Crippen LogP contribution in [-0.2, 0) is 4.79 Å². The van der Waals surface area contributed by atoms with E-state index in [0.717, 1.165) is 30.6 Å². The molecule has 114 valence electrons. The third-order valence-corrected chi connectivity index (χ3v) is 4.06. The van der Waals surface area contributed by atoms with Gasteiger partial charge in [0.25, 0.3) is 0 Å². The van der Waals surface area contributed by atoms with E-state index in [-0.39, 0.29) is 17.6 Å². The molecule has 1 aliphatic heterocycles. The molecular formula is C17H23NO3. The van der Waals surface area contributed by atoms with Gasteiger partial charge in [0.05, 0.1) is 7.11 Å². The molecule has 0 atom stereocenters. The van der Waals surface area contributed by atoms with Crippen LogP contribution >= 0.6 is 0 Å². The van der Waals surface area contributed by atoms with Gasteiger partial charge >= 0.3 is 0 Å². The number of hydrogen-bond acceptors (Lipinski definition) is 3. The fourth-order valence-corrected chi connectivity index (χ4v) is 2.75. The molecule has 0 unspecified atom stereocenters. The molecule has 0 radical (unpaired) electrons. The summed E-state index contributed by atoms with van der Waals surface area (Å²) >= 11 is 0. The van der Waals surface area contributed by atoms with Crippen LogP contribution < -0.4 is 4.74 Å². The van der Waals surface area contributed by atoms with E-state index in [1.165, 1.54) is 0 Å².